The maximum atomic E-state index is 13.4. The minimum Gasteiger partial charge on any atom is -0.334 e. The van der Waals surface area contributed by atoms with Gasteiger partial charge in [0.25, 0.3) is 0 Å². The Kier molecular flexibility index (Phi) is 4.09. The number of likely N-dealkylation sites (tertiary alicyclic amines) is 1. The first-order valence-electron chi connectivity index (χ1n) is 9.98. The maximum absolute atomic E-state index is 13.4. The molecule has 138 valence electrons. The van der Waals surface area contributed by atoms with Crippen LogP contribution in [0.4, 0.5) is 4.39 Å². The van der Waals surface area contributed by atoms with Gasteiger partial charge in [0.2, 0.25) is 0 Å². The van der Waals surface area contributed by atoms with Gasteiger partial charge in [0, 0.05) is 43.5 Å². The summed E-state index contributed by atoms with van der Waals surface area (Å²) in [5, 5.41) is 0. The Labute approximate surface area is 154 Å². The van der Waals surface area contributed by atoms with E-state index in [1.165, 1.54) is 37.3 Å². The largest absolute Gasteiger partial charge is 0.334 e. The number of rotatable bonds is 4. The highest BCUT2D eigenvalue weighted by molar-refractivity contribution is 5.27. The first-order chi connectivity index (χ1) is 12.7. The standard InChI is InChI=1S/C21H27FN4/c1-2-24-12-9-23-19(24)14-26-13-18(15-3-5-17(22)6-4-15)21-20(26)16-7-10-25(21)11-8-16/h3-6,9,12,16,18,20-21H,2,7-8,10-11,13-14H2,1H3/t18-,20+,21+/m1/s1. The lowest BCUT2D eigenvalue weighted by Gasteiger charge is -2.51. The topological polar surface area (TPSA) is 24.3 Å². The number of aryl methyl sites for hydroxylation is 1. The molecule has 0 N–H and O–H groups in total. The van der Waals surface area contributed by atoms with E-state index in [2.05, 4.69) is 32.5 Å². The van der Waals surface area contributed by atoms with E-state index in [0.29, 0.717) is 18.0 Å². The molecule has 0 saturated carbocycles. The number of fused-ring (bicyclic) bond motifs is 2. The minimum atomic E-state index is -0.143. The molecule has 3 atom stereocenters. The fourth-order valence-corrected chi connectivity index (χ4v) is 5.69. The molecule has 4 aliphatic rings. The lowest BCUT2D eigenvalue weighted by atomic mass is 9.75. The Balaban J connectivity index is 1.47. The molecule has 1 aromatic heterocycles. The molecule has 0 radical (unpaired) electrons. The van der Waals surface area contributed by atoms with E-state index in [1.54, 1.807) is 12.1 Å². The van der Waals surface area contributed by atoms with E-state index in [4.69, 9.17) is 0 Å². The summed E-state index contributed by atoms with van der Waals surface area (Å²) in [6, 6.07) is 8.40. The lowest BCUT2D eigenvalue weighted by molar-refractivity contribution is -0.00952. The van der Waals surface area contributed by atoms with E-state index in [0.717, 1.165) is 25.6 Å². The lowest BCUT2D eigenvalue weighted by Crippen LogP contribution is -2.60. The monoisotopic (exact) mass is 354 g/mol. The number of hydrogen-bond acceptors (Lipinski definition) is 3. The van der Waals surface area contributed by atoms with Crippen LogP contribution < -0.4 is 0 Å². The Hall–Kier alpha value is -1.72. The molecule has 26 heavy (non-hydrogen) atoms. The fourth-order valence-electron chi connectivity index (χ4n) is 5.69. The Bertz CT molecular complexity index is 763. The van der Waals surface area contributed by atoms with Gasteiger partial charge in [-0.2, -0.15) is 0 Å². The molecule has 0 spiro atoms. The third kappa shape index (κ3) is 2.60. The summed E-state index contributed by atoms with van der Waals surface area (Å²) in [5.74, 6) is 2.28. The SMILES string of the molecule is CCn1ccnc1CN1C[C@H](c2ccc(F)cc2)[C@H]2[C@@H]1C1CCN2CC1. The van der Waals surface area contributed by atoms with Crippen molar-refractivity contribution in [3.8, 4) is 0 Å². The highest BCUT2D eigenvalue weighted by atomic mass is 19.1. The van der Waals surface area contributed by atoms with Crippen molar-refractivity contribution in [1.29, 1.82) is 0 Å². The van der Waals surface area contributed by atoms with Crippen LogP contribution in [-0.4, -0.2) is 51.1 Å². The van der Waals surface area contributed by atoms with Crippen LogP contribution in [0.3, 0.4) is 0 Å². The molecule has 0 aliphatic carbocycles. The molecule has 2 aromatic rings. The highest BCUT2D eigenvalue weighted by Crippen LogP contribution is 2.46. The van der Waals surface area contributed by atoms with Gasteiger partial charge in [-0.05, 0) is 56.5 Å². The second-order valence-electron chi connectivity index (χ2n) is 8.07. The quantitative estimate of drug-likeness (QED) is 0.843. The van der Waals surface area contributed by atoms with Gasteiger partial charge in [0.1, 0.15) is 11.6 Å². The Morgan fingerprint density at radius 2 is 1.88 bits per heavy atom. The van der Waals surface area contributed by atoms with E-state index in [1.807, 2.05) is 18.3 Å². The van der Waals surface area contributed by atoms with Gasteiger partial charge in [-0.15, -0.1) is 0 Å². The molecule has 4 fully saturated rings. The van der Waals surface area contributed by atoms with Gasteiger partial charge < -0.3 is 4.57 Å². The first-order valence-corrected chi connectivity index (χ1v) is 9.98. The summed E-state index contributed by atoms with van der Waals surface area (Å²) in [4.78, 5) is 9.99. The number of nitrogens with zero attached hydrogens (tertiary/aromatic N) is 4. The van der Waals surface area contributed by atoms with Gasteiger partial charge in [-0.25, -0.2) is 9.37 Å². The molecule has 4 aliphatic heterocycles. The predicted molar refractivity (Wildman–Crippen MR) is 99.3 cm³/mol. The van der Waals surface area contributed by atoms with Crippen molar-refractivity contribution in [2.45, 2.75) is 50.9 Å². The van der Waals surface area contributed by atoms with Crippen molar-refractivity contribution in [2.24, 2.45) is 5.92 Å². The van der Waals surface area contributed by atoms with Crippen molar-refractivity contribution < 1.29 is 4.39 Å². The van der Waals surface area contributed by atoms with Gasteiger partial charge in [0.05, 0.1) is 6.54 Å². The average Bonchev–Trinajstić information content (AvgIpc) is 3.29. The molecule has 4 saturated heterocycles. The van der Waals surface area contributed by atoms with Crippen molar-refractivity contribution in [1.82, 2.24) is 19.4 Å². The number of halogens is 1. The van der Waals surface area contributed by atoms with Crippen LogP contribution in [0, 0.1) is 11.7 Å². The van der Waals surface area contributed by atoms with E-state index >= 15 is 0 Å². The summed E-state index contributed by atoms with van der Waals surface area (Å²) >= 11 is 0. The summed E-state index contributed by atoms with van der Waals surface area (Å²) in [6.45, 7) is 7.55. The summed E-state index contributed by atoms with van der Waals surface area (Å²) < 4.78 is 15.7. The number of hydrogen-bond donors (Lipinski definition) is 0. The molecule has 1 aromatic carbocycles. The van der Waals surface area contributed by atoms with Gasteiger partial charge in [0.15, 0.2) is 0 Å². The molecule has 4 nitrogen and oxygen atoms in total. The van der Waals surface area contributed by atoms with Crippen LogP contribution >= 0.6 is 0 Å². The highest BCUT2D eigenvalue weighted by Gasteiger charge is 2.53. The van der Waals surface area contributed by atoms with E-state index < -0.39 is 0 Å². The molecule has 2 bridgehead atoms. The summed E-state index contributed by atoms with van der Waals surface area (Å²) in [6.07, 6.45) is 6.63. The zero-order chi connectivity index (χ0) is 17.7. The van der Waals surface area contributed by atoms with Crippen LogP contribution in [0.5, 0.6) is 0 Å². The molecular weight excluding hydrogens is 327 g/mol. The number of aromatic nitrogens is 2. The number of imidazole rings is 1. The van der Waals surface area contributed by atoms with E-state index in [-0.39, 0.29) is 5.82 Å². The molecule has 6 rings (SSSR count). The zero-order valence-electron chi connectivity index (χ0n) is 15.4. The normalized spacial score (nSPS) is 33.5. The van der Waals surface area contributed by atoms with Crippen molar-refractivity contribution in [3.63, 3.8) is 0 Å². The Morgan fingerprint density at radius 1 is 1.12 bits per heavy atom. The smallest absolute Gasteiger partial charge is 0.123 e. The fraction of sp³-hybridized carbons (Fsp3) is 0.571. The third-order valence-electron chi connectivity index (χ3n) is 6.88. The van der Waals surface area contributed by atoms with Crippen LogP contribution in [0.25, 0.3) is 0 Å². The molecule has 0 amide bonds. The molecule has 0 unspecified atom stereocenters. The summed E-state index contributed by atoms with van der Waals surface area (Å²) in [7, 11) is 0. The third-order valence-corrected chi connectivity index (χ3v) is 6.88. The van der Waals surface area contributed by atoms with Crippen LogP contribution in [0.1, 0.15) is 37.1 Å². The Morgan fingerprint density at radius 3 is 2.62 bits per heavy atom. The van der Waals surface area contributed by atoms with E-state index in [9.17, 15) is 4.39 Å². The van der Waals surface area contributed by atoms with Crippen molar-refractivity contribution in [3.05, 3.63) is 53.9 Å². The number of benzene rings is 1. The second kappa shape index (κ2) is 6.46. The molecular formula is C21H27FN4. The maximum Gasteiger partial charge on any atom is 0.123 e. The van der Waals surface area contributed by atoms with Gasteiger partial charge in [-0.1, -0.05) is 12.1 Å². The van der Waals surface area contributed by atoms with Crippen molar-refractivity contribution >= 4 is 0 Å². The number of piperidine rings is 3. The average molecular weight is 354 g/mol. The predicted octanol–water partition coefficient (Wildman–Crippen LogP) is 3.10. The summed E-state index contributed by atoms with van der Waals surface area (Å²) in [5.41, 5.74) is 1.29. The van der Waals surface area contributed by atoms with Crippen molar-refractivity contribution in [2.75, 3.05) is 19.6 Å². The van der Waals surface area contributed by atoms with Crippen LogP contribution in [-0.2, 0) is 13.1 Å². The van der Waals surface area contributed by atoms with Gasteiger partial charge >= 0.3 is 0 Å². The molecule has 5 heterocycles. The van der Waals surface area contributed by atoms with Crippen LogP contribution in [0.2, 0.25) is 0 Å². The first kappa shape index (κ1) is 16.5. The zero-order valence-corrected chi connectivity index (χ0v) is 15.4. The second-order valence-corrected chi connectivity index (χ2v) is 8.07. The van der Waals surface area contributed by atoms with Gasteiger partial charge in [-0.3, -0.25) is 9.80 Å². The van der Waals surface area contributed by atoms with Crippen LogP contribution in [0.15, 0.2) is 36.7 Å². The molecule has 5 heteroatoms. The minimum absolute atomic E-state index is 0.143.